The molecule has 0 aliphatic heterocycles. The van der Waals surface area contributed by atoms with Crippen LogP contribution >= 0.6 is 0 Å². The Kier molecular flexibility index (Phi) is 16.9. The Labute approximate surface area is 193 Å². The van der Waals surface area contributed by atoms with Gasteiger partial charge in [0.25, 0.3) is 0 Å². The SMILES string of the molecule is CC(O)CN(CCN(CC(C)O)CC(C)O)CC(C)O.O=C(O)CC(O)(CC(=O)O)C(=O)O. The van der Waals surface area contributed by atoms with Gasteiger partial charge < -0.3 is 40.9 Å². The molecule has 0 aromatic carbocycles. The van der Waals surface area contributed by atoms with E-state index in [0.29, 0.717) is 39.3 Å². The van der Waals surface area contributed by atoms with E-state index in [1.807, 2.05) is 9.80 Å². The molecule has 0 aromatic rings. The third kappa shape index (κ3) is 19.3. The molecule has 0 aromatic heterocycles. The maximum atomic E-state index is 10.3. The molecule has 0 spiro atoms. The second kappa shape index (κ2) is 16.7. The van der Waals surface area contributed by atoms with Crippen molar-refractivity contribution in [1.82, 2.24) is 9.80 Å². The molecular weight excluding hydrogens is 444 g/mol. The smallest absolute Gasteiger partial charge is 0.336 e. The molecule has 0 heterocycles. The van der Waals surface area contributed by atoms with Gasteiger partial charge in [-0.1, -0.05) is 0 Å². The van der Waals surface area contributed by atoms with Crippen LogP contribution in [0.25, 0.3) is 0 Å². The summed E-state index contributed by atoms with van der Waals surface area (Å²) >= 11 is 0. The highest BCUT2D eigenvalue weighted by atomic mass is 16.4. The molecule has 0 radical (unpaired) electrons. The standard InChI is InChI=1S/C14H32N2O4.C6H8O7/c1-11(17)7-15(8-12(2)18)5-6-16(9-13(3)19)10-14(4)20;7-3(8)1-6(13,5(11)12)2-4(9)10/h11-14,17-20H,5-10H2,1-4H3;13H,1-2H2,(H,7,8)(H,9,10)(H,11,12). The van der Waals surface area contributed by atoms with Crippen molar-refractivity contribution in [3.8, 4) is 0 Å². The number of aliphatic carboxylic acids is 3. The third-order valence-electron chi connectivity index (χ3n) is 4.11. The second-order valence-electron chi connectivity index (χ2n) is 8.39. The Balaban J connectivity index is 0. The molecular formula is C20H40N2O11. The maximum Gasteiger partial charge on any atom is 0.336 e. The number of aliphatic hydroxyl groups is 5. The van der Waals surface area contributed by atoms with Crippen LogP contribution in [-0.2, 0) is 14.4 Å². The summed E-state index contributed by atoms with van der Waals surface area (Å²) in [6, 6.07) is 0. The summed E-state index contributed by atoms with van der Waals surface area (Å²) in [5.74, 6) is -5.02. The lowest BCUT2D eigenvalue weighted by molar-refractivity contribution is -0.170. The van der Waals surface area contributed by atoms with Crippen LogP contribution in [0.15, 0.2) is 0 Å². The lowest BCUT2D eigenvalue weighted by atomic mass is 9.96. The van der Waals surface area contributed by atoms with Crippen LogP contribution in [0.2, 0.25) is 0 Å². The molecule has 33 heavy (non-hydrogen) atoms. The van der Waals surface area contributed by atoms with Crippen molar-refractivity contribution in [3.05, 3.63) is 0 Å². The average molecular weight is 485 g/mol. The van der Waals surface area contributed by atoms with Gasteiger partial charge in [-0.05, 0) is 27.7 Å². The van der Waals surface area contributed by atoms with Gasteiger partial charge in [-0.3, -0.25) is 19.4 Å². The van der Waals surface area contributed by atoms with Crippen molar-refractivity contribution < 1.29 is 55.2 Å². The van der Waals surface area contributed by atoms with Crippen LogP contribution < -0.4 is 0 Å². The second-order valence-corrected chi connectivity index (χ2v) is 8.39. The van der Waals surface area contributed by atoms with E-state index >= 15 is 0 Å². The van der Waals surface area contributed by atoms with Crippen molar-refractivity contribution in [2.24, 2.45) is 0 Å². The summed E-state index contributed by atoms with van der Waals surface area (Å²) in [6.07, 6.45) is -4.08. The maximum absolute atomic E-state index is 10.3. The van der Waals surface area contributed by atoms with E-state index in [1.165, 1.54) is 0 Å². The Bertz CT molecular complexity index is 522. The molecule has 0 rings (SSSR count). The number of nitrogens with zero attached hydrogens (tertiary/aromatic N) is 2. The Morgan fingerprint density at radius 3 is 1.03 bits per heavy atom. The van der Waals surface area contributed by atoms with E-state index in [9.17, 15) is 34.8 Å². The summed E-state index contributed by atoms with van der Waals surface area (Å²) in [7, 11) is 0. The summed E-state index contributed by atoms with van der Waals surface area (Å²) in [5.41, 5.74) is -2.74. The lowest BCUT2D eigenvalue weighted by Crippen LogP contribution is -2.44. The summed E-state index contributed by atoms with van der Waals surface area (Å²) < 4.78 is 0. The van der Waals surface area contributed by atoms with Crippen LogP contribution in [0.3, 0.4) is 0 Å². The van der Waals surface area contributed by atoms with E-state index < -0.39 is 60.8 Å². The number of hydrogen-bond donors (Lipinski definition) is 8. The minimum atomic E-state index is -2.74. The molecule has 0 amide bonds. The van der Waals surface area contributed by atoms with Gasteiger partial charge in [-0.2, -0.15) is 0 Å². The zero-order chi connectivity index (χ0) is 26.4. The molecule has 0 aliphatic rings. The van der Waals surface area contributed by atoms with E-state index in [4.69, 9.17) is 20.4 Å². The predicted molar refractivity (Wildman–Crippen MR) is 117 cm³/mol. The number of aliphatic hydroxyl groups excluding tert-OH is 4. The average Bonchev–Trinajstić information content (AvgIpc) is 2.56. The zero-order valence-corrected chi connectivity index (χ0v) is 19.7. The summed E-state index contributed by atoms with van der Waals surface area (Å²) in [4.78, 5) is 34.5. The Hall–Kier alpha value is -1.87. The number of carboxylic acid groups (broad SMARTS) is 3. The molecule has 8 N–H and O–H groups in total. The number of carbonyl (C=O) groups is 3. The lowest BCUT2D eigenvalue weighted by Gasteiger charge is -2.30. The van der Waals surface area contributed by atoms with E-state index in [-0.39, 0.29) is 0 Å². The van der Waals surface area contributed by atoms with Gasteiger partial charge in [0.15, 0.2) is 5.60 Å². The fourth-order valence-corrected chi connectivity index (χ4v) is 3.01. The first kappa shape index (κ1) is 33.3. The van der Waals surface area contributed by atoms with Crippen LogP contribution in [0.5, 0.6) is 0 Å². The van der Waals surface area contributed by atoms with Gasteiger partial charge in [0.05, 0.1) is 37.3 Å². The third-order valence-corrected chi connectivity index (χ3v) is 4.11. The fraction of sp³-hybridized carbons (Fsp3) is 0.850. The molecule has 0 bridgehead atoms. The Morgan fingerprint density at radius 2 is 0.879 bits per heavy atom. The van der Waals surface area contributed by atoms with Gasteiger partial charge in [0.2, 0.25) is 0 Å². The highest BCUT2D eigenvalue weighted by Crippen LogP contribution is 2.15. The molecule has 0 saturated heterocycles. The number of rotatable bonds is 16. The van der Waals surface area contributed by atoms with E-state index in [1.54, 1.807) is 27.7 Å². The minimum absolute atomic E-state index is 0.448. The van der Waals surface area contributed by atoms with Gasteiger partial charge in [-0.25, -0.2) is 4.79 Å². The van der Waals surface area contributed by atoms with Crippen LogP contribution in [0.4, 0.5) is 0 Å². The minimum Gasteiger partial charge on any atom is -0.481 e. The van der Waals surface area contributed by atoms with E-state index in [0.717, 1.165) is 0 Å². The largest absolute Gasteiger partial charge is 0.481 e. The highest BCUT2D eigenvalue weighted by Gasteiger charge is 2.40. The topological polar surface area (TPSA) is 220 Å². The first-order chi connectivity index (χ1) is 15.0. The van der Waals surface area contributed by atoms with Crippen LogP contribution in [-0.4, -0.2) is 138 Å². The monoisotopic (exact) mass is 484 g/mol. The van der Waals surface area contributed by atoms with Crippen LogP contribution in [0, 0.1) is 0 Å². The number of hydrogen-bond acceptors (Lipinski definition) is 10. The zero-order valence-electron chi connectivity index (χ0n) is 19.7. The molecule has 196 valence electrons. The van der Waals surface area contributed by atoms with Gasteiger partial charge in [0, 0.05) is 39.3 Å². The first-order valence-corrected chi connectivity index (χ1v) is 10.5. The molecule has 13 nitrogen and oxygen atoms in total. The van der Waals surface area contributed by atoms with E-state index in [2.05, 4.69) is 0 Å². The number of carboxylic acids is 3. The highest BCUT2D eigenvalue weighted by molar-refractivity contribution is 5.88. The molecule has 0 saturated carbocycles. The van der Waals surface area contributed by atoms with Crippen LogP contribution in [0.1, 0.15) is 40.5 Å². The molecule has 0 fully saturated rings. The van der Waals surface area contributed by atoms with Crippen molar-refractivity contribution in [2.75, 3.05) is 39.3 Å². The normalized spacial score (nSPS) is 15.4. The van der Waals surface area contributed by atoms with Gasteiger partial charge in [0.1, 0.15) is 0 Å². The van der Waals surface area contributed by atoms with Crippen molar-refractivity contribution in [1.29, 1.82) is 0 Å². The van der Waals surface area contributed by atoms with Gasteiger partial charge >= 0.3 is 17.9 Å². The van der Waals surface area contributed by atoms with Crippen molar-refractivity contribution in [3.63, 3.8) is 0 Å². The Morgan fingerprint density at radius 1 is 0.636 bits per heavy atom. The molecule has 4 unspecified atom stereocenters. The van der Waals surface area contributed by atoms with Gasteiger partial charge in [-0.15, -0.1) is 0 Å². The molecule has 0 aliphatic carbocycles. The quantitative estimate of drug-likeness (QED) is 0.117. The van der Waals surface area contributed by atoms with Crippen molar-refractivity contribution >= 4 is 17.9 Å². The van der Waals surface area contributed by atoms with Crippen molar-refractivity contribution in [2.45, 2.75) is 70.6 Å². The first-order valence-electron chi connectivity index (χ1n) is 10.5. The summed E-state index contributed by atoms with van der Waals surface area (Å²) in [5, 5.41) is 71.7. The predicted octanol–water partition coefficient (Wildman–Crippen LogP) is -2.13. The summed E-state index contributed by atoms with van der Waals surface area (Å²) in [6.45, 7) is 10.2. The molecule has 13 heteroatoms. The fourth-order valence-electron chi connectivity index (χ4n) is 3.01. The molecule has 4 atom stereocenters.